The number of benzene rings is 1. The van der Waals surface area contributed by atoms with Gasteiger partial charge in [-0.2, -0.15) is 0 Å². The quantitative estimate of drug-likeness (QED) is 0.606. The molecule has 0 bridgehead atoms. The number of hydrogen-bond acceptors (Lipinski definition) is 5. The molecule has 150 valence electrons. The molecule has 2 aromatic heterocycles. The highest BCUT2D eigenvalue weighted by molar-refractivity contribution is 7.94. The van der Waals surface area contributed by atoms with E-state index in [0.29, 0.717) is 6.54 Å². The van der Waals surface area contributed by atoms with Crippen molar-refractivity contribution in [1.82, 2.24) is 14.5 Å². The lowest BCUT2D eigenvalue weighted by Crippen LogP contribution is -2.41. The largest absolute Gasteiger partial charge is 0.328 e. The summed E-state index contributed by atoms with van der Waals surface area (Å²) in [6, 6.07) is 11.3. The summed E-state index contributed by atoms with van der Waals surface area (Å²) in [7, 11) is -3.26. The van der Waals surface area contributed by atoms with Crippen LogP contribution in [0.3, 0.4) is 0 Å². The van der Waals surface area contributed by atoms with E-state index in [-0.39, 0.29) is 18.1 Å². The van der Waals surface area contributed by atoms with Gasteiger partial charge in [-0.05, 0) is 42.8 Å². The zero-order valence-electron chi connectivity index (χ0n) is 15.9. The van der Waals surface area contributed by atoms with Crippen LogP contribution in [-0.4, -0.2) is 40.6 Å². The van der Waals surface area contributed by atoms with Gasteiger partial charge in [0.05, 0.1) is 24.8 Å². The van der Waals surface area contributed by atoms with Crippen molar-refractivity contribution in [3.63, 3.8) is 0 Å². The van der Waals surface area contributed by atoms with Crippen LogP contribution in [0.15, 0.2) is 65.7 Å². The number of hydrogen-bond donors (Lipinski definition) is 0. The van der Waals surface area contributed by atoms with Crippen LogP contribution >= 0.6 is 11.3 Å². The minimum Gasteiger partial charge on any atom is -0.328 e. The van der Waals surface area contributed by atoms with Gasteiger partial charge in [0.1, 0.15) is 5.01 Å². The summed E-state index contributed by atoms with van der Waals surface area (Å²) in [5, 5.41) is 3.94. The topological polar surface area (TPSA) is 72.3 Å². The molecule has 8 heteroatoms. The fourth-order valence-corrected chi connectivity index (χ4v) is 5.40. The van der Waals surface area contributed by atoms with E-state index in [1.165, 1.54) is 16.7 Å². The average molecular weight is 428 g/mol. The second-order valence-corrected chi connectivity index (χ2v) is 9.94. The number of amides is 1. The number of thiazole rings is 1. The van der Waals surface area contributed by atoms with E-state index in [1.807, 2.05) is 65.7 Å². The molecule has 0 spiro atoms. The maximum atomic E-state index is 13.1. The Hall–Kier alpha value is -2.71. The minimum absolute atomic E-state index is 0.0737. The molecule has 3 aromatic rings. The van der Waals surface area contributed by atoms with E-state index in [9.17, 15) is 13.2 Å². The second kappa shape index (κ2) is 7.96. The number of carbonyl (C=O) groups is 1. The van der Waals surface area contributed by atoms with Crippen LogP contribution in [0, 0.1) is 6.92 Å². The second-order valence-electron chi connectivity index (χ2n) is 7.06. The standard InChI is InChI=1S/C21H21N3O3S2/c1-16-14-28-20(22-16)13-24(19-8-11-29(26,27)15-19)21(25)12-17-4-6-18(7-5-17)23-9-2-3-10-23/h2-11,14,19H,12-13,15H2,1H3. The van der Waals surface area contributed by atoms with Gasteiger partial charge in [-0.1, -0.05) is 12.1 Å². The van der Waals surface area contributed by atoms with E-state index in [2.05, 4.69) is 4.98 Å². The number of aromatic nitrogens is 2. The molecule has 0 N–H and O–H groups in total. The summed E-state index contributed by atoms with van der Waals surface area (Å²) in [6.07, 6.45) is 5.74. The molecule has 0 fully saturated rings. The van der Waals surface area contributed by atoms with Crippen LogP contribution in [0.5, 0.6) is 0 Å². The SMILES string of the molecule is Cc1csc(CN(C(=O)Cc2ccc(-n3cccc3)cc2)C2C=CS(=O)(=O)C2)n1. The van der Waals surface area contributed by atoms with Gasteiger partial charge in [-0.3, -0.25) is 4.79 Å². The van der Waals surface area contributed by atoms with E-state index >= 15 is 0 Å². The van der Waals surface area contributed by atoms with Crippen molar-refractivity contribution in [3.8, 4) is 5.69 Å². The Kier molecular flexibility index (Phi) is 5.38. The Morgan fingerprint density at radius 2 is 1.97 bits per heavy atom. The number of aryl methyl sites for hydroxylation is 1. The van der Waals surface area contributed by atoms with Gasteiger partial charge in [-0.25, -0.2) is 13.4 Å². The lowest BCUT2D eigenvalue weighted by molar-refractivity contribution is -0.132. The van der Waals surface area contributed by atoms with Crippen molar-refractivity contribution >= 4 is 27.1 Å². The van der Waals surface area contributed by atoms with E-state index in [0.717, 1.165) is 22.0 Å². The van der Waals surface area contributed by atoms with Gasteiger partial charge in [0.2, 0.25) is 5.91 Å². The maximum absolute atomic E-state index is 13.1. The molecule has 1 aromatic carbocycles. The van der Waals surface area contributed by atoms with Crippen molar-refractivity contribution in [1.29, 1.82) is 0 Å². The molecule has 0 radical (unpaired) electrons. The third-order valence-electron chi connectivity index (χ3n) is 4.80. The number of carbonyl (C=O) groups excluding carboxylic acids is 1. The molecule has 0 saturated carbocycles. The van der Waals surface area contributed by atoms with Gasteiger partial charge in [-0.15, -0.1) is 11.3 Å². The molecule has 6 nitrogen and oxygen atoms in total. The fraction of sp³-hybridized carbons (Fsp3) is 0.238. The zero-order valence-corrected chi connectivity index (χ0v) is 17.6. The van der Waals surface area contributed by atoms with E-state index in [4.69, 9.17) is 0 Å². The monoisotopic (exact) mass is 427 g/mol. The van der Waals surface area contributed by atoms with Crippen molar-refractivity contribution in [2.75, 3.05) is 5.75 Å². The molecular weight excluding hydrogens is 406 g/mol. The Bertz CT molecular complexity index is 1130. The minimum atomic E-state index is -3.26. The van der Waals surface area contributed by atoms with E-state index in [1.54, 1.807) is 11.0 Å². The summed E-state index contributed by atoms with van der Waals surface area (Å²) in [6.45, 7) is 2.21. The van der Waals surface area contributed by atoms with Crippen molar-refractivity contribution in [3.05, 3.63) is 81.9 Å². The number of nitrogens with zero attached hydrogens (tertiary/aromatic N) is 3. The first-order valence-corrected chi connectivity index (χ1v) is 11.8. The van der Waals surface area contributed by atoms with Crippen LogP contribution in [0.2, 0.25) is 0 Å². The Morgan fingerprint density at radius 1 is 1.24 bits per heavy atom. The molecule has 1 unspecified atom stereocenters. The van der Waals surface area contributed by atoms with Crippen LogP contribution in [0.25, 0.3) is 5.69 Å². The fourth-order valence-electron chi connectivity index (χ4n) is 3.33. The highest BCUT2D eigenvalue weighted by atomic mass is 32.2. The Labute approximate surface area is 174 Å². The van der Waals surface area contributed by atoms with E-state index < -0.39 is 15.9 Å². The lowest BCUT2D eigenvalue weighted by Gasteiger charge is -2.27. The number of sulfone groups is 1. The van der Waals surface area contributed by atoms with Crippen LogP contribution in [0.4, 0.5) is 0 Å². The van der Waals surface area contributed by atoms with Crippen LogP contribution in [0.1, 0.15) is 16.3 Å². The molecule has 0 saturated heterocycles. The van der Waals surface area contributed by atoms with Crippen molar-refractivity contribution in [2.45, 2.75) is 25.9 Å². The highest BCUT2D eigenvalue weighted by Gasteiger charge is 2.30. The summed E-state index contributed by atoms with van der Waals surface area (Å²) < 4.78 is 25.8. The van der Waals surface area contributed by atoms with Gasteiger partial charge in [0.15, 0.2) is 9.84 Å². The summed E-state index contributed by atoms with van der Waals surface area (Å²) in [5.74, 6) is -0.186. The predicted octanol–water partition coefficient (Wildman–Crippen LogP) is 3.12. The Balaban J connectivity index is 1.52. The molecule has 1 atom stereocenters. The van der Waals surface area contributed by atoms with Crippen LogP contribution in [-0.2, 0) is 27.6 Å². The Morgan fingerprint density at radius 3 is 2.55 bits per heavy atom. The number of rotatable bonds is 6. The first-order chi connectivity index (χ1) is 13.9. The average Bonchev–Trinajstić information content (AvgIpc) is 3.42. The van der Waals surface area contributed by atoms with Crippen molar-refractivity contribution in [2.24, 2.45) is 0 Å². The maximum Gasteiger partial charge on any atom is 0.227 e. The zero-order chi connectivity index (χ0) is 20.4. The summed E-state index contributed by atoms with van der Waals surface area (Å²) >= 11 is 1.48. The third-order valence-corrected chi connectivity index (χ3v) is 7.13. The first kappa shape index (κ1) is 19.6. The van der Waals surface area contributed by atoms with Crippen LogP contribution < -0.4 is 0 Å². The molecule has 4 rings (SSSR count). The lowest BCUT2D eigenvalue weighted by atomic mass is 10.1. The molecule has 1 amide bonds. The molecular formula is C21H21N3O3S2. The van der Waals surface area contributed by atoms with Gasteiger partial charge < -0.3 is 9.47 Å². The summed E-state index contributed by atoms with van der Waals surface area (Å²) in [5.41, 5.74) is 2.80. The normalized spacial score (nSPS) is 17.5. The smallest absolute Gasteiger partial charge is 0.227 e. The van der Waals surface area contributed by atoms with Crippen molar-refractivity contribution < 1.29 is 13.2 Å². The molecule has 0 aliphatic carbocycles. The van der Waals surface area contributed by atoms with Gasteiger partial charge in [0.25, 0.3) is 0 Å². The molecule has 1 aliphatic rings. The highest BCUT2D eigenvalue weighted by Crippen LogP contribution is 2.21. The van der Waals surface area contributed by atoms with Gasteiger partial charge in [0, 0.05) is 34.6 Å². The van der Waals surface area contributed by atoms with Gasteiger partial charge >= 0.3 is 0 Å². The first-order valence-electron chi connectivity index (χ1n) is 9.23. The predicted molar refractivity (Wildman–Crippen MR) is 114 cm³/mol. The summed E-state index contributed by atoms with van der Waals surface area (Å²) in [4.78, 5) is 19.2. The third kappa shape index (κ3) is 4.65. The molecule has 29 heavy (non-hydrogen) atoms. The molecule has 1 aliphatic heterocycles. The molecule has 3 heterocycles.